The first-order chi connectivity index (χ1) is 15.0. The van der Waals surface area contributed by atoms with Crippen LogP contribution in [-0.2, 0) is 11.2 Å². The van der Waals surface area contributed by atoms with E-state index in [1.165, 1.54) is 6.20 Å². The normalized spacial score (nSPS) is 22.9. The maximum atomic E-state index is 12.9. The van der Waals surface area contributed by atoms with Gasteiger partial charge in [-0.1, -0.05) is 0 Å². The number of piperazine rings is 1. The number of carbonyl (C=O) groups is 1. The van der Waals surface area contributed by atoms with Gasteiger partial charge >= 0.3 is 12.6 Å². The molecule has 0 atom stereocenters. The Kier molecular flexibility index (Phi) is 5.07. The molecule has 0 radical (unpaired) electrons. The van der Waals surface area contributed by atoms with Gasteiger partial charge in [-0.25, -0.2) is 14.2 Å². The zero-order valence-electron chi connectivity index (χ0n) is 16.8. The van der Waals surface area contributed by atoms with Crippen molar-refractivity contribution >= 4 is 23.4 Å². The van der Waals surface area contributed by atoms with Crippen LogP contribution in [0.1, 0.15) is 36.3 Å². The highest BCUT2D eigenvalue weighted by Gasteiger charge is 2.34. The van der Waals surface area contributed by atoms with Gasteiger partial charge in [0.15, 0.2) is 0 Å². The minimum atomic E-state index is -2.62. The number of ether oxygens (including phenoxy) is 1. The first-order valence-electron chi connectivity index (χ1n) is 10.3. The molecule has 1 saturated heterocycles. The fraction of sp³-hybridized carbons (Fsp3) is 0.476. The van der Waals surface area contributed by atoms with Crippen molar-refractivity contribution in [1.82, 2.24) is 19.4 Å². The zero-order chi connectivity index (χ0) is 21.5. The Bertz CT molecular complexity index is 1010. The van der Waals surface area contributed by atoms with Crippen molar-refractivity contribution in [2.24, 2.45) is 0 Å². The van der Waals surface area contributed by atoms with Crippen LogP contribution in [0.3, 0.4) is 0 Å². The highest BCUT2D eigenvalue weighted by molar-refractivity contribution is 5.91. The highest BCUT2D eigenvalue weighted by atomic mass is 19.3. The molecule has 3 aliphatic rings. The number of nitrogens with zero attached hydrogens (tertiary/aromatic N) is 5. The van der Waals surface area contributed by atoms with Crippen LogP contribution in [0.2, 0.25) is 0 Å². The number of imidazole rings is 1. The van der Waals surface area contributed by atoms with Gasteiger partial charge < -0.3 is 14.5 Å². The van der Waals surface area contributed by atoms with Crippen LogP contribution in [0.15, 0.2) is 24.8 Å². The second-order valence-electron chi connectivity index (χ2n) is 8.07. The molecular formula is C21H22F3N5O2. The number of carbonyl (C=O) groups excluding carboxylic acids is 1. The minimum absolute atomic E-state index is 0.291. The number of allylic oxidation sites excluding steroid dienone is 1. The third-order valence-corrected chi connectivity index (χ3v) is 6.07. The predicted molar refractivity (Wildman–Crippen MR) is 107 cm³/mol. The van der Waals surface area contributed by atoms with Gasteiger partial charge in [-0.2, -0.15) is 8.78 Å². The summed E-state index contributed by atoms with van der Waals surface area (Å²) in [5.41, 5.74) is 4.21. The number of hydrogen-bond acceptors (Lipinski definition) is 5. The van der Waals surface area contributed by atoms with Crippen LogP contribution in [-0.4, -0.2) is 64.0 Å². The number of alkyl halides is 3. The zero-order valence-corrected chi connectivity index (χ0v) is 16.8. The standard InChI is InChI=1S/C21H22F3N5O2/c22-14-9-15(10-14)31-21(30)28-5-3-27(4-6-28)19-1-2-25-17-8-13(7-16(17)19)18-11-29(12-26-18)20(23)24/h1-2,7,11-12,14-15,20H,3-6,8-10H2. The number of anilines is 1. The third kappa shape index (κ3) is 3.86. The van der Waals surface area contributed by atoms with Gasteiger partial charge in [0.2, 0.25) is 0 Å². The van der Waals surface area contributed by atoms with Crippen molar-refractivity contribution < 1.29 is 22.7 Å². The van der Waals surface area contributed by atoms with Crippen LogP contribution in [0.5, 0.6) is 0 Å². The van der Waals surface area contributed by atoms with Crippen molar-refractivity contribution in [2.45, 2.75) is 38.1 Å². The van der Waals surface area contributed by atoms with Crippen LogP contribution in [0.25, 0.3) is 11.6 Å². The van der Waals surface area contributed by atoms with Gasteiger partial charge in [0, 0.05) is 69.1 Å². The molecule has 3 heterocycles. The Labute approximate surface area is 177 Å². The summed E-state index contributed by atoms with van der Waals surface area (Å²) in [4.78, 5) is 24.7. The fourth-order valence-corrected chi connectivity index (χ4v) is 4.20. The fourth-order valence-electron chi connectivity index (χ4n) is 4.20. The van der Waals surface area contributed by atoms with Crippen LogP contribution < -0.4 is 4.90 Å². The lowest BCUT2D eigenvalue weighted by Gasteiger charge is -2.38. The van der Waals surface area contributed by atoms with E-state index in [1.54, 1.807) is 11.1 Å². The maximum Gasteiger partial charge on any atom is 0.410 e. The van der Waals surface area contributed by atoms with Gasteiger partial charge in [-0.15, -0.1) is 0 Å². The summed E-state index contributed by atoms with van der Waals surface area (Å²) in [5, 5.41) is 0. The van der Waals surface area contributed by atoms with Gasteiger partial charge in [0.25, 0.3) is 0 Å². The third-order valence-electron chi connectivity index (χ3n) is 6.07. The van der Waals surface area contributed by atoms with E-state index in [0.717, 1.165) is 33.4 Å². The van der Waals surface area contributed by atoms with E-state index in [2.05, 4.69) is 14.9 Å². The number of aromatic nitrogens is 3. The van der Waals surface area contributed by atoms with Crippen molar-refractivity contribution in [2.75, 3.05) is 31.1 Å². The molecule has 2 aromatic heterocycles. The van der Waals surface area contributed by atoms with E-state index in [4.69, 9.17) is 4.74 Å². The highest BCUT2D eigenvalue weighted by Crippen LogP contribution is 2.36. The molecular weight excluding hydrogens is 411 g/mol. The molecule has 164 valence electrons. The molecule has 0 bridgehead atoms. The molecule has 5 rings (SSSR count). The lowest BCUT2D eigenvalue weighted by molar-refractivity contribution is -0.0132. The quantitative estimate of drug-likeness (QED) is 0.738. The molecule has 1 amide bonds. The molecule has 1 aliphatic heterocycles. The topological polar surface area (TPSA) is 63.5 Å². The Morgan fingerprint density at radius 3 is 2.61 bits per heavy atom. The van der Waals surface area contributed by atoms with Crippen LogP contribution in [0, 0.1) is 0 Å². The molecule has 10 heteroatoms. The lowest BCUT2D eigenvalue weighted by atomic mass is 9.94. The Hall–Kier alpha value is -3.04. The lowest BCUT2D eigenvalue weighted by Crippen LogP contribution is -2.50. The smallest absolute Gasteiger partial charge is 0.410 e. The number of amides is 1. The second-order valence-corrected chi connectivity index (χ2v) is 8.07. The van der Waals surface area contributed by atoms with Crippen molar-refractivity contribution in [3.8, 4) is 0 Å². The summed E-state index contributed by atoms with van der Waals surface area (Å²) in [6.45, 7) is -0.338. The first kappa shape index (κ1) is 19.9. The van der Waals surface area contributed by atoms with Gasteiger partial charge in [-0.05, 0) is 17.7 Å². The maximum absolute atomic E-state index is 12.9. The van der Waals surface area contributed by atoms with E-state index in [-0.39, 0.29) is 12.2 Å². The Morgan fingerprint density at radius 1 is 1.16 bits per heavy atom. The van der Waals surface area contributed by atoms with E-state index in [1.807, 2.05) is 12.1 Å². The van der Waals surface area contributed by atoms with Gasteiger partial charge in [-0.3, -0.25) is 9.55 Å². The number of halogens is 3. The van der Waals surface area contributed by atoms with E-state index < -0.39 is 12.7 Å². The van der Waals surface area contributed by atoms with E-state index >= 15 is 0 Å². The first-order valence-corrected chi connectivity index (χ1v) is 10.3. The van der Waals surface area contributed by atoms with E-state index in [9.17, 15) is 18.0 Å². The Morgan fingerprint density at radius 2 is 1.94 bits per heavy atom. The molecule has 1 saturated carbocycles. The summed E-state index contributed by atoms with van der Waals surface area (Å²) >= 11 is 0. The average Bonchev–Trinajstić information content (AvgIpc) is 3.39. The number of fused-ring (bicyclic) bond motifs is 1. The average molecular weight is 433 g/mol. The van der Waals surface area contributed by atoms with Crippen LogP contribution in [0.4, 0.5) is 23.7 Å². The summed E-state index contributed by atoms with van der Waals surface area (Å²) in [6.07, 6.45) is 5.76. The molecule has 0 spiro atoms. The number of pyridine rings is 1. The van der Waals surface area contributed by atoms with Gasteiger partial charge in [0.05, 0.1) is 17.7 Å². The molecule has 2 aliphatic carbocycles. The minimum Gasteiger partial charge on any atom is -0.446 e. The molecule has 2 aromatic rings. The molecule has 0 unspecified atom stereocenters. The SMILES string of the molecule is O=C(OC1CC(F)C1)N1CCN(c2ccnc3c2C=C(c2cn(C(F)F)cn2)C3)CC1. The summed E-state index contributed by atoms with van der Waals surface area (Å²) < 4.78 is 44.8. The van der Waals surface area contributed by atoms with Crippen molar-refractivity contribution in [3.05, 3.63) is 41.7 Å². The summed E-state index contributed by atoms with van der Waals surface area (Å²) in [6, 6.07) is 1.93. The molecule has 7 nitrogen and oxygen atoms in total. The monoisotopic (exact) mass is 433 g/mol. The Balaban J connectivity index is 1.26. The summed E-state index contributed by atoms with van der Waals surface area (Å²) in [5.74, 6) is 0. The largest absolute Gasteiger partial charge is 0.446 e. The number of rotatable bonds is 4. The summed E-state index contributed by atoms with van der Waals surface area (Å²) in [7, 11) is 0. The molecule has 0 aromatic carbocycles. The van der Waals surface area contributed by atoms with Crippen LogP contribution >= 0.6 is 0 Å². The molecule has 31 heavy (non-hydrogen) atoms. The molecule has 0 N–H and O–H groups in total. The second kappa shape index (κ2) is 7.90. The van der Waals surface area contributed by atoms with E-state index in [0.29, 0.717) is 51.1 Å². The molecule has 2 fully saturated rings. The van der Waals surface area contributed by atoms with Crippen molar-refractivity contribution in [1.29, 1.82) is 0 Å². The van der Waals surface area contributed by atoms with Crippen molar-refractivity contribution in [3.63, 3.8) is 0 Å². The number of hydrogen-bond donors (Lipinski definition) is 0. The predicted octanol–water partition coefficient (Wildman–Crippen LogP) is 3.53. The van der Waals surface area contributed by atoms with Gasteiger partial charge in [0.1, 0.15) is 12.3 Å².